The number of hydrogen-bond donors (Lipinski definition) is 2. The van der Waals surface area contributed by atoms with E-state index in [9.17, 15) is 4.79 Å². The lowest BCUT2D eigenvalue weighted by molar-refractivity contribution is 0.102. The van der Waals surface area contributed by atoms with E-state index in [1.54, 1.807) is 6.07 Å². The molecule has 0 radical (unpaired) electrons. The van der Waals surface area contributed by atoms with Gasteiger partial charge in [-0.05, 0) is 91.4 Å². The molecule has 0 unspecified atom stereocenters. The smallest absolute Gasteiger partial charge is 0.257 e. The molecule has 0 saturated heterocycles. The molecule has 7 heteroatoms. The van der Waals surface area contributed by atoms with Crippen molar-refractivity contribution in [2.45, 2.75) is 0 Å². The Labute approximate surface area is 160 Å². The molecule has 0 bridgehead atoms. The van der Waals surface area contributed by atoms with Gasteiger partial charge in [-0.15, -0.1) is 0 Å². The van der Waals surface area contributed by atoms with Gasteiger partial charge in [0, 0.05) is 16.1 Å². The summed E-state index contributed by atoms with van der Waals surface area (Å²) >= 11 is 11.1. The van der Waals surface area contributed by atoms with Gasteiger partial charge in [0.1, 0.15) is 0 Å². The van der Waals surface area contributed by atoms with Crippen molar-refractivity contribution in [3.05, 3.63) is 52.0 Å². The molecule has 0 aliphatic carbocycles. The minimum atomic E-state index is -0.220. The molecule has 0 atom stereocenters. The van der Waals surface area contributed by atoms with Crippen molar-refractivity contribution in [1.29, 1.82) is 0 Å². The van der Waals surface area contributed by atoms with Crippen LogP contribution in [0.25, 0.3) is 0 Å². The zero-order valence-electron chi connectivity index (χ0n) is 9.88. The SMILES string of the molecule is Nc1c(I)cc(I)cc1C(=O)Nc1ccc(Br)cc1Br. The number of hydrogen-bond acceptors (Lipinski definition) is 2. The first kappa shape index (κ1) is 16.5. The first-order chi connectivity index (χ1) is 9.38. The van der Waals surface area contributed by atoms with Crippen LogP contribution in [0.2, 0.25) is 0 Å². The zero-order chi connectivity index (χ0) is 14.9. The van der Waals surface area contributed by atoms with Gasteiger partial charge in [-0.3, -0.25) is 4.79 Å². The Morgan fingerprint density at radius 2 is 1.85 bits per heavy atom. The third-order valence-electron chi connectivity index (χ3n) is 2.52. The van der Waals surface area contributed by atoms with Gasteiger partial charge in [-0.2, -0.15) is 0 Å². The summed E-state index contributed by atoms with van der Waals surface area (Å²) in [4.78, 5) is 12.3. The highest BCUT2D eigenvalue weighted by Crippen LogP contribution is 2.28. The monoisotopic (exact) mass is 620 g/mol. The van der Waals surface area contributed by atoms with E-state index in [-0.39, 0.29) is 5.91 Å². The highest BCUT2D eigenvalue weighted by Gasteiger charge is 2.14. The Morgan fingerprint density at radius 3 is 2.50 bits per heavy atom. The summed E-state index contributed by atoms with van der Waals surface area (Å²) in [6, 6.07) is 9.27. The Bertz CT molecular complexity index is 692. The first-order valence-corrected chi connectivity index (χ1v) is 9.13. The van der Waals surface area contributed by atoms with Crippen LogP contribution in [-0.2, 0) is 0 Å². The molecule has 2 aromatic carbocycles. The van der Waals surface area contributed by atoms with Crippen molar-refractivity contribution in [2.24, 2.45) is 0 Å². The van der Waals surface area contributed by atoms with Crippen LogP contribution < -0.4 is 11.1 Å². The number of benzene rings is 2. The number of nitrogens with one attached hydrogen (secondary N) is 1. The van der Waals surface area contributed by atoms with Gasteiger partial charge < -0.3 is 11.1 Å². The third-order valence-corrected chi connectivity index (χ3v) is 5.18. The maximum absolute atomic E-state index is 12.3. The number of nitrogens with two attached hydrogens (primary N) is 1. The largest absolute Gasteiger partial charge is 0.397 e. The van der Waals surface area contributed by atoms with E-state index in [1.165, 1.54) is 0 Å². The van der Waals surface area contributed by atoms with Crippen LogP contribution in [0, 0.1) is 7.14 Å². The fraction of sp³-hybridized carbons (Fsp3) is 0. The van der Waals surface area contributed by atoms with Crippen LogP contribution in [0.4, 0.5) is 11.4 Å². The topological polar surface area (TPSA) is 55.1 Å². The van der Waals surface area contributed by atoms with Gasteiger partial charge in [-0.25, -0.2) is 0 Å². The number of carbonyl (C=O) groups excluding carboxylic acids is 1. The number of anilines is 2. The number of rotatable bonds is 2. The number of halogens is 4. The number of carbonyl (C=O) groups is 1. The van der Waals surface area contributed by atoms with Crippen molar-refractivity contribution in [3.63, 3.8) is 0 Å². The number of amides is 1. The van der Waals surface area contributed by atoms with Gasteiger partial charge in [0.2, 0.25) is 0 Å². The molecule has 0 aliphatic heterocycles. The zero-order valence-corrected chi connectivity index (χ0v) is 17.4. The molecule has 20 heavy (non-hydrogen) atoms. The van der Waals surface area contributed by atoms with Gasteiger partial charge in [0.15, 0.2) is 0 Å². The van der Waals surface area contributed by atoms with E-state index in [1.807, 2.05) is 24.3 Å². The molecule has 0 heterocycles. The summed E-state index contributed by atoms with van der Waals surface area (Å²) in [5.74, 6) is -0.220. The molecule has 0 aromatic heterocycles. The summed E-state index contributed by atoms with van der Waals surface area (Å²) in [7, 11) is 0. The molecule has 0 saturated carbocycles. The second-order valence-corrected chi connectivity index (χ2v) is 8.10. The van der Waals surface area contributed by atoms with Crippen molar-refractivity contribution < 1.29 is 4.79 Å². The fourth-order valence-electron chi connectivity index (χ4n) is 1.55. The van der Waals surface area contributed by atoms with Crippen molar-refractivity contribution in [2.75, 3.05) is 11.1 Å². The first-order valence-electron chi connectivity index (χ1n) is 5.39. The molecule has 0 aliphatic rings. The molecule has 2 aromatic rings. The second kappa shape index (κ2) is 6.93. The number of nitrogen functional groups attached to an aromatic ring is 1. The van der Waals surface area contributed by atoms with E-state index in [4.69, 9.17) is 5.73 Å². The minimum Gasteiger partial charge on any atom is -0.397 e. The van der Waals surface area contributed by atoms with E-state index in [2.05, 4.69) is 82.4 Å². The Morgan fingerprint density at radius 1 is 1.15 bits per heavy atom. The minimum absolute atomic E-state index is 0.220. The van der Waals surface area contributed by atoms with E-state index in [0.717, 1.165) is 16.1 Å². The van der Waals surface area contributed by atoms with E-state index >= 15 is 0 Å². The standard InChI is InChI=1S/C13H8Br2I2N2O/c14-6-1-2-11(9(15)3-6)19-13(20)8-4-7(16)5-10(17)12(8)18/h1-5H,18H2,(H,19,20). The average Bonchev–Trinajstić information content (AvgIpc) is 2.37. The van der Waals surface area contributed by atoms with Crippen LogP contribution in [0.1, 0.15) is 10.4 Å². The summed E-state index contributed by atoms with van der Waals surface area (Å²) in [6.45, 7) is 0. The van der Waals surface area contributed by atoms with Gasteiger partial charge in [0.05, 0.1) is 16.9 Å². The van der Waals surface area contributed by atoms with Gasteiger partial charge in [0.25, 0.3) is 5.91 Å². The molecule has 0 fully saturated rings. The second-order valence-electron chi connectivity index (χ2n) is 3.93. The van der Waals surface area contributed by atoms with Gasteiger partial charge in [-0.1, -0.05) is 15.9 Å². The van der Waals surface area contributed by atoms with Crippen molar-refractivity contribution in [3.8, 4) is 0 Å². The molecular formula is C13H8Br2I2N2O. The predicted octanol–water partition coefficient (Wildman–Crippen LogP) is 5.26. The lowest BCUT2D eigenvalue weighted by Crippen LogP contribution is -2.15. The van der Waals surface area contributed by atoms with Crippen LogP contribution in [0.3, 0.4) is 0 Å². The molecule has 1 amide bonds. The Hall–Kier alpha value is 0.130. The highest BCUT2D eigenvalue weighted by atomic mass is 127. The van der Waals surface area contributed by atoms with Crippen molar-refractivity contribution >= 4 is 94.3 Å². The maximum Gasteiger partial charge on any atom is 0.257 e. The van der Waals surface area contributed by atoms with E-state index in [0.29, 0.717) is 16.9 Å². The van der Waals surface area contributed by atoms with Crippen LogP contribution >= 0.6 is 77.0 Å². The van der Waals surface area contributed by atoms with E-state index < -0.39 is 0 Å². The molecular weight excluding hydrogens is 614 g/mol. The molecule has 0 spiro atoms. The highest BCUT2D eigenvalue weighted by molar-refractivity contribution is 14.1. The molecule has 2 rings (SSSR count). The van der Waals surface area contributed by atoms with Crippen molar-refractivity contribution in [1.82, 2.24) is 0 Å². The van der Waals surface area contributed by atoms with Gasteiger partial charge >= 0.3 is 0 Å². The molecule has 3 nitrogen and oxygen atoms in total. The quantitative estimate of drug-likeness (QED) is 0.356. The van der Waals surface area contributed by atoms with Crippen LogP contribution in [0.15, 0.2) is 39.3 Å². The molecule has 104 valence electrons. The Balaban J connectivity index is 2.33. The van der Waals surface area contributed by atoms with Crippen LogP contribution in [-0.4, -0.2) is 5.91 Å². The normalized spacial score (nSPS) is 10.4. The fourth-order valence-corrected chi connectivity index (χ4v) is 4.54. The lowest BCUT2D eigenvalue weighted by Gasteiger charge is -2.11. The summed E-state index contributed by atoms with van der Waals surface area (Å²) < 4.78 is 3.58. The summed E-state index contributed by atoms with van der Waals surface area (Å²) in [6.07, 6.45) is 0. The third kappa shape index (κ3) is 3.86. The summed E-state index contributed by atoms with van der Waals surface area (Å²) in [5.41, 5.74) is 7.66. The Kier molecular flexibility index (Phi) is 5.71. The summed E-state index contributed by atoms with van der Waals surface area (Å²) in [5, 5.41) is 2.86. The maximum atomic E-state index is 12.3. The predicted molar refractivity (Wildman–Crippen MR) is 106 cm³/mol. The van der Waals surface area contributed by atoms with Crippen LogP contribution in [0.5, 0.6) is 0 Å². The molecule has 3 N–H and O–H groups in total. The lowest BCUT2D eigenvalue weighted by atomic mass is 10.1. The average molecular weight is 622 g/mol.